The quantitative estimate of drug-likeness (QED) is 0.228. The number of fused-ring (bicyclic) bond motifs is 1. The van der Waals surface area contributed by atoms with Gasteiger partial charge in [0.05, 0.1) is 11.4 Å². The predicted molar refractivity (Wildman–Crippen MR) is 157 cm³/mol. The third kappa shape index (κ3) is 5.71. The minimum Gasteiger partial charge on any atom is -0.454 e. The van der Waals surface area contributed by atoms with Crippen molar-refractivity contribution in [3.05, 3.63) is 102 Å². The van der Waals surface area contributed by atoms with E-state index in [1.54, 1.807) is 27.7 Å². The highest BCUT2D eigenvalue weighted by Gasteiger charge is 2.26. The van der Waals surface area contributed by atoms with Gasteiger partial charge in [0.15, 0.2) is 28.2 Å². The van der Waals surface area contributed by atoms with Crippen LogP contribution >= 0.6 is 11.8 Å². The molecule has 0 aliphatic carbocycles. The smallest absolute Gasteiger partial charge is 0.275 e. The van der Waals surface area contributed by atoms with Crippen LogP contribution in [0.25, 0.3) is 17.1 Å². The molecule has 0 radical (unpaired) electrons. The molecule has 2 aliphatic rings. The average molecular weight is 599 g/mol. The minimum atomic E-state index is -0.388. The molecule has 10 nitrogen and oxygen atoms in total. The van der Waals surface area contributed by atoms with Gasteiger partial charge >= 0.3 is 0 Å². The molecule has 2 aliphatic heterocycles. The van der Waals surface area contributed by atoms with Gasteiger partial charge in [-0.25, -0.2) is 9.37 Å². The number of benzene rings is 3. The number of hydrogen-bond acceptors (Lipinski definition) is 9. The fourth-order valence-electron chi connectivity index (χ4n) is 5.16. The van der Waals surface area contributed by atoms with E-state index < -0.39 is 0 Å². The first-order valence-corrected chi connectivity index (χ1v) is 14.8. The zero-order valence-corrected chi connectivity index (χ0v) is 23.9. The van der Waals surface area contributed by atoms with Gasteiger partial charge < -0.3 is 18.8 Å². The lowest BCUT2D eigenvalue weighted by molar-refractivity contribution is 0.0622. The van der Waals surface area contributed by atoms with Crippen molar-refractivity contribution in [2.45, 2.75) is 17.5 Å². The first-order chi connectivity index (χ1) is 21.1. The summed E-state index contributed by atoms with van der Waals surface area (Å²) in [6.07, 6.45) is 1.40. The van der Waals surface area contributed by atoms with Crippen molar-refractivity contribution in [3.8, 4) is 28.6 Å². The lowest BCUT2D eigenvalue weighted by atomic mass is 10.1. The third-order valence-electron chi connectivity index (χ3n) is 7.36. The maximum Gasteiger partial charge on any atom is 0.275 e. The number of para-hydroxylation sites is 1. The number of oxazole rings is 1. The minimum absolute atomic E-state index is 0.163. The molecule has 5 aromatic rings. The number of ether oxygens (including phenoxy) is 2. The van der Waals surface area contributed by atoms with Crippen LogP contribution in [0, 0.1) is 5.82 Å². The van der Waals surface area contributed by atoms with Crippen LogP contribution in [-0.4, -0.2) is 68.4 Å². The number of thioether (sulfide) groups is 1. The lowest BCUT2D eigenvalue weighted by Crippen LogP contribution is -2.48. The maximum absolute atomic E-state index is 14.9. The molecule has 0 N–H and O–H groups in total. The van der Waals surface area contributed by atoms with Gasteiger partial charge in [-0.15, -0.1) is 10.2 Å². The van der Waals surface area contributed by atoms with Gasteiger partial charge in [-0.2, -0.15) is 0 Å². The summed E-state index contributed by atoms with van der Waals surface area (Å²) in [6, 6.07) is 22.0. The first-order valence-electron chi connectivity index (χ1n) is 13.9. The Morgan fingerprint density at radius 2 is 1.70 bits per heavy atom. The molecule has 1 amide bonds. The Morgan fingerprint density at radius 1 is 0.907 bits per heavy atom. The molecule has 2 aromatic heterocycles. The maximum atomic E-state index is 14.9. The highest BCUT2D eigenvalue weighted by atomic mass is 32.2. The van der Waals surface area contributed by atoms with Crippen LogP contribution in [0.4, 0.5) is 4.39 Å². The predicted octanol–water partition coefficient (Wildman–Crippen LogP) is 5.04. The number of halogens is 1. The van der Waals surface area contributed by atoms with Crippen LogP contribution in [0.1, 0.15) is 21.9 Å². The van der Waals surface area contributed by atoms with E-state index >= 15 is 0 Å². The van der Waals surface area contributed by atoms with E-state index in [1.165, 1.54) is 24.1 Å². The topological polar surface area (TPSA) is 98.8 Å². The summed E-state index contributed by atoms with van der Waals surface area (Å²) in [4.78, 5) is 21.8. The molecule has 1 saturated heterocycles. The Bertz CT molecular complexity index is 1750. The van der Waals surface area contributed by atoms with E-state index in [4.69, 9.17) is 13.9 Å². The van der Waals surface area contributed by atoms with Gasteiger partial charge in [0.25, 0.3) is 5.91 Å². The van der Waals surface area contributed by atoms with Gasteiger partial charge in [0, 0.05) is 38.3 Å². The Balaban J connectivity index is 0.993. The molecule has 0 spiro atoms. The fraction of sp³-hybridized carbons (Fsp3) is 0.226. The number of nitrogens with zero attached hydrogens (tertiary/aromatic N) is 6. The normalized spacial score (nSPS) is 14.8. The van der Waals surface area contributed by atoms with E-state index in [2.05, 4.69) is 20.1 Å². The molecule has 0 atom stereocenters. The van der Waals surface area contributed by atoms with Crippen LogP contribution in [0.3, 0.4) is 0 Å². The van der Waals surface area contributed by atoms with Gasteiger partial charge in [-0.1, -0.05) is 60.3 Å². The van der Waals surface area contributed by atoms with Crippen molar-refractivity contribution < 1.29 is 23.1 Å². The molecular weight excluding hydrogens is 571 g/mol. The Labute approximate surface area is 251 Å². The summed E-state index contributed by atoms with van der Waals surface area (Å²) in [5.41, 5.74) is 2.56. The molecular formula is C31H27FN6O4S. The van der Waals surface area contributed by atoms with Gasteiger partial charge in [-0.05, 0) is 29.8 Å². The third-order valence-corrected chi connectivity index (χ3v) is 8.27. The summed E-state index contributed by atoms with van der Waals surface area (Å²) in [7, 11) is 0. The summed E-state index contributed by atoms with van der Waals surface area (Å²) >= 11 is 1.31. The molecule has 0 unspecified atom stereocenters. The highest BCUT2D eigenvalue weighted by molar-refractivity contribution is 7.98. The molecule has 0 bridgehead atoms. The van der Waals surface area contributed by atoms with Crippen molar-refractivity contribution in [1.29, 1.82) is 0 Å². The molecule has 4 heterocycles. The average Bonchev–Trinajstić information content (AvgIpc) is 3.81. The largest absolute Gasteiger partial charge is 0.454 e. The van der Waals surface area contributed by atoms with Gasteiger partial charge in [0.1, 0.15) is 12.1 Å². The van der Waals surface area contributed by atoms with Gasteiger partial charge in [0.2, 0.25) is 12.7 Å². The monoisotopic (exact) mass is 598 g/mol. The number of carbonyl (C=O) groups excluding carboxylic acids is 1. The summed E-state index contributed by atoms with van der Waals surface area (Å²) in [5, 5.41) is 9.18. The SMILES string of the molecule is O=C(c1coc(CSc2nnc(-c3ccccc3)n2-c2ccccc2F)n1)N1CCN(Cc2ccc3c(c2)OCO3)CC1. The van der Waals surface area contributed by atoms with E-state index in [-0.39, 0.29) is 30.0 Å². The lowest BCUT2D eigenvalue weighted by Gasteiger charge is -2.34. The highest BCUT2D eigenvalue weighted by Crippen LogP contribution is 2.33. The molecule has 12 heteroatoms. The molecule has 3 aromatic carbocycles. The van der Waals surface area contributed by atoms with Crippen molar-refractivity contribution in [1.82, 2.24) is 29.5 Å². The molecule has 1 fully saturated rings. The first kappa shape index (κ1) is 27.2. The van der Waals surface area contributed by atoms with Crippen molar-refractivity contribution in [3.63, 3.8) is 0 Å². The second-order valence-corrected chi connectivity index (χ2v) is 11.1. The van der Waals surface area contributed by atoms with Crippen LogP contribution in [0.2, 0.25) is 0 Å². The molecule has 43 heavy (non-hydrogen) atoms. The number of hydrogen-bond donors (Lipinski definition) is 0. The fourth-order valence-corrected chi connectivity index (χ4v) is 5.96. The summed E-state index contributed by atoms with van der Waals surface area (Å²) in [6.45, 7) is 3.70. The Hall–Kier alpha value is -4.68. The van der Waals surface area contributed by atoms with Crippen molar-refractivity contribution in [2.75, 3.05) is 33.0 Å². The number of piperazine rings is 1. The standard InChI is InChI=1S/C31H27FN6O4S/c32-23-8-4-5-9-25(23)38-29(22-6-2-1-3-7-22)34-35-31(38)43-19-28-33-24(18-40-28)30(39)37-14-12-36(13-15-37)17-21-10-11-26-27(16-21)42-20-41-26/h1-11,16,18H,12-15,17,19-20H2. The Morgan fingerprint density at radius 3 is 2.53 bits per heavy atom. The summed E-state index contributed by atoms with van der Waals surface area (Å²) < 4.78 is 33.1. The van der Waals surface area contributed by atoms with E-state index in [0.29, 0.717) is 35.6 Å². The van der Waals surface area contributed by atoms with E-state index in [9.17, 15) is 9.18 Å². The van der Waals surface area contributed by atoms with Crippen LogP contribution < -0.4 is 9.47 Å². The number of carbonyl (C=O) groups is 1. The zero-order chi connectivity index (χ0) is 29.2. The van der Waals surface area contributed by atoms with Crippen LogP contribution in [0.5, 0.6) is 11.5 Å². The molecule has 0 saturated carbocycles. The van der Waals surface area contributed by atoms with E-state index in [1.807, 2.05) is 48.5 Å². The molecule has 7 rings (SSSR count). The van der Waals surface area contributed by atoms with Gasteiger partial charge in [-0.3, -0.25) is 14.3 Å². The van der Waals surface area contributed by atoms with Crippen molar-refractivity contribution >= 4 is 17.7 Å². The summed E-state index contributed by atoms with van der Waals surface area (Å²) in [5.74, 6) is 2.18. The van der Waals surface area contributed by atoms with Crippen molar-refractivity contribution in [2.24, 2.45) is 0 Å². The van der Waals surface area contributed by atoms with E-state index in [0.717, 1.165) is 42.3 Å². The van der Waals surface area contributed by atoms with Crippen LogP contribution in [0.15, 0.2) is 88.6 Å². The molecule has 218 valence electrons. The zero-order valence-electron chi connectivity index (χ0n) is 23.1. The Kier molecular flexibility index (Phi) is 7.52. The second kappa shape index (κ2) is 11.9. The van der Waals surface area contributed by atoms with Crippen LogP contribution in [-0.2, 0) is 12.3 Å². The second-order valence-electron chi connectivity index (χ2n) is 10.1. The number of amides is 1. The number of rotatable bonds is 8. The number of aromatic nitrogens is 4.